The number of piperidine rings is 1. The van der Waals surface area contributed by atoms with Crippen molar-refractivity contribution in [3.05, 3.63) is 29.3 Å². The zero-order valence-corrected chi connectivity index (χ0v) is 9.87. The van der Waals surface area contributed by atoms with Gasteiger partial charge in [-0.15, -0.1) is 0 Å². The molecule has 1 aromatic rings. The number of nitrogens with zero attached hydrogens (tertiary/aromatic N) is 1. The quantitative estimate of drug-likeness (QED) is 0.773. The van der Waals surface area contributed by atoms with Crippen LogP contribution in [-0.4, -0.2) is 18.6 Å². The highest BCUT2D eigenvalue weighted by molar-refractivity contribution is 5.63. The van der Waals surface area contributed by atoms with Gasteiger partial charge in [0, 0.05) is 24.3 Å². The fourth-order valence-electron chi connectivity index (χ4n) is 3.12. The molecule has 0 radical (unpaired) electrons. The predicted molar refractivity (Wildman–Crippen MR) is 63.5 cm³/mol. The molecule has 1 aromatic carbocycles. The van der Waals surface area contributed by atoms with E-state index in [1.165, 1.54) is 12.1 Å². The van der Waals surface area contributed by atoms with E-state index in [9.17, 15) is 13.2 Å². The summed E-state index contributed by atoms with van der Waals surface area (Å²) in [5.74, 6) is 0. The molecule has 0 spiro atoms. The van der Waals surface area contributed by atoms with Crippen LogP contribution in [0.3, 0.4) is 0 Å². The SMILES string of the molecule is NC1CCC2Cc3c(cccc3C(F)(F)F)N2C1. The first-order valence-electron chi connectivity index (χ1n) is 6.18. The molecule has 18 heavy (non-hydrogen) atoms. The average Bonchev–Trinajstić information content (AvgIpc) is 2.65. The van der Waals surface area contributed by atoms with Crippen molar-refractivity contribution in [1.82, 2.24) is 0 Å². The molecule has 2 heterocycles. The standard InChI is InChI=1S/C13H15F3N2/c14-13(15,16)11-2-1-3-12-10(11)6-9-5-4-8(17)7-18(9)12/h1-3,8-9H,4-7,17H2. The van der Waals surface area contributed by atoms with Crippen molar-refractivity contribution in [2.45, 2.75) is 37.5 Å². The maximum Gasteiger partial charge on any atom is 0.416 e. The number of benzene rings is 1. The number of hydrogen-bond acceptors (Lipinski definition) is 2. The van der Waals surface area contributed by atoms with Crippen LogP contribution >= 0.6 is 0 Å². The lowest BCUT2D eigenvalue weighted by Crippen LogP contribution is -2.47. The summed E-state index contributed by atoms with van der Waals surface area (Å²) in [6, 6.07) is 4.72. The number of rotatable bonds is 0. The van der Waals surface area contributed by atoms with Gasteiger partial charge in [-0.2, -0.15) is 13.2 Å². The van der Waals surface area contributed by atoms with Crippen LogP contribution in [0.4, 0.5) is 18.9 Å². The normalized spacial score (nSPS) is 27.0. The summed E-state index contributed by atoms with van der Waals surface area (Å²) in [6.45, 7) is 0.666. The number of hydrogen-bond donors (Lipinski definition) is 1. The number of anilines is 1. The molecule has 2 atom stereocenters. The van der Waals surface area contributed by atoms with Gasteiger partial charge in [-0.1, -0.05) is 6.07 Å². The fraction of sp³-hybridized carbons (Fsp3) is 0.538. The van der Waals surface area contributed by atoms with Crippen molar-refractivity contribution in [3.8, 4) is 0 Å². The molecule has 0 saturated carbocycles. The summed E-state index contributed by atoms with van der Waals surface area (Å²) < 4.78 is 38.9. The van der Waals surface area contributed by atoms with E-state index < -0.39 is 11.7 Å². The van der Waals surface area contributed by atoms with Gasteiger partial charge in [0.05, 0.1) is 5.56 Å². The third-order valence-corrected chi connectivity index (χ3v) is 3.95. The molecule has 2 aliphatic heterocycles. The monoisotopic (exact) mass is 256 g/mol. The summed E-state index contributed by atoms with van der Waals surface area (Å²) >= 11 is 0. The maximum atomic E-state index is 13.0. The van der Waals surface area contributed by atoms with E-state index in [1.54, 1.807) is 6.07 Å². The summed E-state index contributed by atoms with van der Waals surface area (Å²) in [5.41, 5.74) is 6.60. The first-order valence-corrected chi connectivity index (χ1v) is 6.18. The van der Waals surface area contributed by atoms with Crippen LogP contribution in [0.15, 0.2) is 18.2 Å². The van der Waals surface area contributed by atoms with Crippen molar-refractivity contribution < 1.29 is 13.2 Å². The molecule has 0 amide bonds. The van der Waals surface area contributed by atoms with E-state index in [-0.39, 0.29) is 12.1 Å². The van der Waals surface area contributed by atoms with E-state index in [2.05, 4.69) is 4.90 Å². The predicted octanol–water partition coefficient (Wildman–Crippen LogP) is 2.56. The Labute approximate surface area is 104 Å². The first kappa shape index (κ1) is 11.8. The van der Waals surface area contributed by atoms with E-state index in [1.807, 2.05) is 0 Å². The Morgan fingerprint density at radius 3 is 2.72 bits per heavy atom. The molecular weight excluding hydrogens is 241 g/mol. The van der Waals surface area contributed by atoms with Gasteiger partial charge >= 0.3 is 6.18 Å². The Kier molecular flexibility index (Phi) is 2.55. The minimum Gasteiger partial charge on any atom is -0.366 e. The van der Waals surface area contributed by atoms with E-state index in [0.29, 0.717) is 18.5 Å². The number of alkyl halides is 3. The van der Waals surface area contributed by atoms with Gasteiger partial charge < -0.3 is 10.6 Å². The molecule has 0 bridgehead atoms. The van der Waals surface area contributed by atoms with Crippen LogP contribution in [0.25, 0.3) is 0 Å². The van der Waals surface area contributed by atoms with Gasteiger partial charge in [0.1, 0.15) is 0 Å². The highest BCUT2D eigenvalue weighted by Gasteiger charge is 2.40. The topological polar surface area (TPSA) is 29.3 Å². The van der Waals surface area contributed by atoms with Gasteiger partial charge in [0.15, 0.2) is 0 Å². The minimum atomic E-state index is -4.26. The summed E-state index contributed by atoms with van der Waals surface area (Å²) in [4.78, 5) is 2.05. The number of halogens is 3. The molecule has 1 saturated heterocycles. The molecule has 0 aliphatic carbocycles. The third kappa shape index (κ3) is 1.77. The van der Waals surface area contributed by atoms with Gasteiger partial charge in [-0.3, -0.25) is 0 Å². The van der Waals surface area contributed by atoms with Crippen LogP contribution in [0.5, 0.6) is 0 Å². The Hall–Kier alpha value is -1.23. The van der Waals surface area contributed by atoms with E-state index >= 15 is 0 Å². The molecule has 0 aromatic heterocycles. The Morgan fingerprint density at radius 1 is 1.22 bits per heavy atom. The highest BCUT2D eigenvalue weighted by Crippen LogP contribution is 2.43. The van der Waals surface area contributed by atoms with Crippen molar-refractivity contribution in [1.29, 1.82) is 0 Å². The molecule has 1 fully saturated rings. The molecule has 2 aliphatic rings. The molecule has 2 N–H and O–H groups in total. The molecule has 3 rings (SSSR count). The van der Waals surface area contributed by atoms with Crippen molar-refractivity contribution in [2.24, 2.45) is 5.73 Å². The van der Waals surface area contributed by atoms with Crippen LogP contribution in [0, 0.1) is 0 Å². The average molecular weight is 256 g/mol. The third-order valence-electron chi connectivity index (χ3n) is 3.95. The highest BCUT2D eigenvalue weighted by atomic mass is 19.4. The molecule has 2 nitrogen and oxygen atoms in total. The largest absolute Gasteiger partial charge is 0.416 e. The van der Waals surface area contributed by atoms with Gasteiger partial charge in [-0.25, -0.2) is 0 Å². The van der Waals surface area contributed by atoms with Crippen LogP contribution in [0.2, 0.25) is 0 Å². The molecular formula is C13H15F3N2. The Bertz CT molecular complexity index is 470. The number of nitrogens with two attached hydrogens (primary N) is 1. The van der Waals surface area contributed by atoms with Gasteiger partial charge in [0.2, 0.25) is 0 Å². The van der Waals surface area contributed by atoms with E-state index in [4.69, 9.17) is 5.73 Å². The van der Waals surface area contributed by atoms with Crippen LogP contribution < -0.4 is 10.6 Å². The first-order chi connectivity index (χ1) is 8.47. The van der Waals surface area contributed by atoms with Crippen molar-refractivity contribution >= 4 is 5.69 Å². The maximum absolute atomic E-state index is 13.0. The summed E-state index contributed by atoms with van der Waals surface area (Å²) in [7, 11) is 0. The Balaban J connectivity index is 2.03. The zero-order valence-electron chi connectivity index (χ0n) is 9.87. The lowest BCUT2D eigenvalue weighted by Gasteiger charge is -2.35. The van der Waals surface area contributed by atoms with Crippen LogP contribution in [-0.2, 0) is 12.6 Å². The smallest absolute Gasteiger partial charge is 0.366 e. The number of fused-ring (bicyclic) bond motifs is 3. The van der Waals surface area contributed by atoms with Crippen molar-refractivity contribution in [2.75, 3.05) is 11.4 Å². The van der Waals surface area contributed by atoms with Crippen molar-refractivity contribution in [3.63, 3.8) is 0 Å². The van der Waals surface area contributed by atoms with E-state index in [0.717, 1.165) is 18.5 Å². The lowest BCUT2D eigenvalue weighted by molar-refractivity contribution is -0.138. The lowest BCUT2D eigenvalue weighted by atomic mass is 9.97. The fourth-order valence-corrected chi connectivity index (χ4v) is 3.12. The summed E-state index contributed by atoms with van der Waals surface area (Å²) in [6.07, 6.45) is -1.98. The molecule has 98 valence electrons. The summed E-state index contributed by atoms with van der Waals surface area (Å²) in [5, 5.41) is 0. The Morgan fingerprint density at radius 2 is 2.00 bits per heavy atom. The molecule has 5 heteroatoms. The second kappa shape index (κ2) is 3.88. The van der Waals surface area contributed by atoms with Gasteiger partial charge in [0.25, 0.3) is 0 Å². The second-order valence-electron chi connectivity index (χ2n) is 5.15. The molecule has 2 unspecified atom stereocenters. The van der Waals surface area contributed by atoms with Crippen LogP contribution in [0.1, 0.15) is 24.0 Å². The minimum absolute atomic E-state index is 0.0711. The zero-order chi connectivity index (χ0) is 12.9. The second-order valence-corrected chi connectivity index (χ2v) is 5.15. The van der Waals surface area contributed by atoms with Gasteiger partial charge in [-0.05, 0) is 37.0 Å².